The second kappa shape index (κ2) is 7.83. The normalized spacial score (nSPS) is 15.2. The molecule has 25 heavy (non-hydrogen) atoms. The van der Waals surface area contributed by atoms with Crippen molar-refractivity contribution in [1.29, 1.82) is 0 Å². The molecule has 0 unspecified atom stereocenters. The first-order valence-corrected chi connectivity index (χ1v) is 8.56. The molecule has 0 radical (unpaired) electrons. The fourth-order valence-electron chi connectivity index (χ4n) is 3.02. The van der Waals surface area contributed by atoms with Crippen LogP contribution in [0.2, 0.25) is 0 Å². The summed E-state index contributed by atoms with van der Waals surface area (Å²) in [6.07, 6.45) is 7.29. The molecule has 0 bridgehead atoms. The van der Waals surface area contributed by atoms with Gasteiger partial charge in [0.1, 0.15) is 11.5 Å². The van der Waals surface area contributed by atoms with E-state index in [9.17, 15) is 9.59 Å². The van der Waals surface area contributed by atoms with Gasteiger partial charge < -0.3 is 15.1 Å². The zero-order valence-corrected chi connectivity index (χ0v) is 14.2. The zero-order chi connectivity index (χ0) is 17.6. The Morgan fingerprint density at radius 2 is 1.88 bits per heavy atom. The lowest BCUT2D eigenvalue weighted by Gasteiger charge is -2.15. The van der Waals surface area contributed by atoms with Gasteiger partial charge in [-0.25, -0.2) is 0 Å². The lowest BCUT2D eigenvalue weighted by molar-refractivity contribution is -0.118. The van der Waals surface area contributed by atoms with Crippen molar-refractivity contribution < 1.29 is 14.0 Å². The molecule has 1 aliphatic rings. The number of hydrogen-bond donors (Lipinski definition) is 2. The maximum atomic E-state index is 12.6. The van der Waals surface area contributed by atoms with E-state index < -0.39 is 0 Å². The smallest absolute Gasteiger partial charge is 0.268 e. The summed E-state index contributed by atoms with van der Waals surface area (Å²) < 4.78 is 5.29. The third-order valence-electron chi connectivity index (χ3n) is 4.40. The molecule has 2 amide bonds. The van der Waals surface area contributed by atoms with E-state index in [1.165, 1.54) is 6.26 Å². The highest BCUT2D eigenvalue weighted by atomic mass is 16.3. The predicted octanol–water partition coefficient (Wildman–Crippen LogP) is 3.42. The van der Waals surface area contributed by atoms with Gasteiger partial charge in [-0.1, -0.05) is 31.0 Å². The fourth-order valence-corrected chi connectivity index (χ4v) is 3.02. The molecular weight excluding hydrogens is 316 g/mol. The molecule has 0 saturated heterocycles. The summed E-state index contributed by atoms with van der Waals surface area (Å²) >= 11 is 0. The van der Waals surface area contributed by atoms with Crippen LogP contribution in [0.3, 0.4) is 0 Å². The van der Waals surface area contributed by atoms with E-state index >= 15 is 0 Å². The molecule has 1 fully saturated rings. The SMILES string of the molecule is Cc1ccccc1C(=O)N/C(=C\c1ccco1)C(=O)NC1CCCC1. The highest BCUT2D eigenvalue weighted by Gasteiger charge is 2.21. The number of furan rings is 1. The van der Waals surface area contributed by atoms with Crippen LogP contribution in [0.15, 0.2) is 52.8 Å². The molecule has 1 aromatic carbocycles. The molecule has 5 nitrogen and oxygen atoms in total. The van der Waals surface area contributed by atoms with Crippen LogP contribution >= 0.6 is 0 Å². The molecule has 1 heterocycles. The third-order valence-corrected chi connectivity index (χ3v) is 4.40. The highest BCUT2D eigenvalue weighted by Crippen LogP contribution is 2.18. The molecule has 1 aliphatic carbocycles. The largest absolute Gasteiger partial charge is 0.465 e. The van der Waals surface area contributed by atoms with Crippen LogP contribution in [0.4, 0.5) is 0 Å². The average molecular weight is 338 g/mol. The quantitative estimate of drug-likeness (QED) is 0.821. The number of amides is 2. The second-order valence-corrected chi connectivity index (χ2v) is 6.30. The van der Waals surface area contributed by atoms with Crippen LogP contribution in [0, 0.1) is 6.92 Å². The summed E-state index contributed by atoms with van der Waals surface area (Å²) in [5.41, 5.74) is 1.59. The molecule has 3 rings (SSSR count). The minimum atomic E-state index is -0.308. The number of carbonyl (C=O) groups excluding carboxylic acids is 2. The second-order valence-electron chi connectivity index (χ2n) is 6.30. The lowest BCUT2D eigenvalue weighted by Crippen LogP contribution is -2.39. The first-order valence-electron chi connectivity index (χ1n) is 8.56. The molecule has 1 saturated carbocycles. The average Bonchev–Trinajstić information content (AvgIpc) is 3.28. The van der Waals surface area contributed by atoms with Crippen molar-refractivity contribution >= 4 is 17.9 Å². The molecule has 5 heteroatoms. The van der Waals surface area contributed by atoms with E-state index in [4.69, 9.17) is 4.42 Å². The maximum Gasteiger partial charge on any atom is 0.268 e. The third kappa shape index (κ3) is 4.38. The van der Waals surface area contributed by atoms with Gasteiger partial charge in [0.2, 0.25) is 0 Å². The standard InChI is InChI=1S/C20H22N2O3/c1-14-7-2-5-11-17(14)19(23)22-18(13-16-10-6-12-25-16)20(24)21-15-8-3-4-9-15/h2,5-7,10-13,15H,3-4,8-9H2,1H3,(H,21,24)(H,22,23)/b18-13-. The van der Waals surface area contributed by atoms with E-state index in [-0.39, 0.29) is 23.6 Å². The molecule has 0 spiro atoms. The van der Waals surface area contributed by atoms with E-state index in [0.717, 1.165) is 31.2 Å². The molecule has 2 aromatic rings. The summed E-state index contributed by atoms with van der Waals surface area (Å²) in [6, 6.07) is 10.9. The van der Waals surface area contributed by atoms with Crippen molar-refractivity contribution in [2.45, 2.75) is 38.6 Å². The van der Waals surface area contributed by atoms with Crippen molar-refractivity contribution in [2.75, 3.05) is 0 Å². The summed E-state index contributed by atoms with van der Waals surface area (Å²) in [5, 5.41) is 5.74. The van der Waals surface area contributed by atoms with Gasteiger partial charge in [-0.3, -0.25) is 9.59 Å². The Hall–Kier alpha value is -2.82. The van der Waals surface area contributed by atoms with Crippen molar-refractivity contribution in [2.24, 2.45) is 0 Å². The van der Waals surface area contributed by atoms with Crippen molar-refractivity contribution in [3.63, 3.8) is 0 Å². The van der Waals surface area contributed by atoms with Crippen LogP contribution in [-0.4, -0.2) is 17.9 Å². The van der Waals surface area contributed by atoms with Crippen LogP contribution in [0.25, 0.3) is 6.08 Å². The van der Waals surface area contributed by atoms with E-state index in [2.05, 4.69) is 10.6 Å². The van der Waals surface area contributed by atoms with Crippen molar-refractivity contribution in [3.05, 3.63) is 65.2 Å². The van der Waals surface area contributed by atoms with E-state index in [1.54, 1.807) is 30.3 Å². The topological polar surface area (TPSA) is 71.3 Å². The van der Waals surface area contributed by atoms with Gasteiger partial charge in [-0.15, -0.1) is 0 Å². The minimum absolute atomic E-state index is 0.169. The van der Waals surface area contributed by atoms with Crippen LogP contribution in [-0.2, 0) is 4.79 Å². The Bertz CT molecular complexity index is 772. The van der Waals surface area contributed by atoms with Crippen molar-refractivity contribution in [1.82, 2.24) is 10.6 Å². The highest BCUT2D eigenvalue weighted by molar-refractivity contribution is 6.05. The van der Waals surface area contributed by atoms with Crippen LogP contribution in [0.5, 0.6) is 0 Å². The first kappa shape index (κ1) is 17.0. The number of carbonyl (C=O) groups is 2. The fraction of sp³-hybridized carbons (Fsp3) is 0.300. The number of nitrogens with one attached hydrogen (secondary N) is 2. The minimum Gasteiger partial charge on any atom is -0.465 e. The Morgan fingerprint density at radius 3 is 2.56 bits per heavy atom. The summed E-state index contributed by atoms with van der Waals surface area (Å²) in [6.45, 7) is 1.86. The van der Waals surface area contributed by atoms with Gasteiger partial charge in [0, 0.05) is 17.7 Å². The molecule has 0 atom stereocenters. The Morgan fingerprint density at radius 1 is 1.12 bits per heavy atom. The van der Waals surface area contributed by atoms with Gasteiger partial charge in [0.15, 0.2) is 0 Å². The molecular formula is C20H22N2O3. The van der Waals surface area contributed by atoms with Gasteiger partial charge in [0.05, 0.1) is 6.26 Å². The van der Waals surface area contributed by atoms with Crippen LogP contribution < -0.4 is 10.6 Å². The molecule has 130 valence electrons. The van der Waals surface area contributed by atoms with Gasteiger partial charge in [-0.2, -0.15) is 0 Å². The Labute approximate surface area is 147 Å². The number of benzene rings is 1. The van der Waals surface area contributed by atoms with Crippen molar-refractivity contribution in [3.8, 4) is 0 Å². The van der Waals surface area contributed by atoms with E-state index in [0.29, 0.717) is 11.3 Å². The molecule has 0 aliphatic heterocycles. The van der Waals surface area contributed by atoms with Crippen LogP contribution in [0.1, 0.15) is 47.4 Å². The Kier molecular flexibility index (Phi) is 5.33. The van der Waals surface area contributed by atoms with E-state index in [1.807, 2.05) is 19.1 Å². The van der Waals surface area contributed by atoms with Gasteiger partial charge >= 0.3 is 0 Å². The molecule has 2 N–H and O–H groups in total. The maximum absolute atomic E-state index is 12.6. The number of rotatable bonds is 5. The number of aryl methyl sites for hydroxylation is 1. The number of hydrogen-bond acceptors (Lipinski definition) is 3. The predicted molar refractivity (Wildman–Crippen MR) is 95.7 cm³/mol. The van der Waals surface area contributed by atoms with Gasteiger partial charge in [-0.05, 0) is 43.5 Å². The summed E-state index contributed by atoms with van der Waals surface area (Å²) in [4.78, 5) is 25.2. The van der Waals surface area contributed by atoms with Gasteiger partial charge in [0.25, 0.3) is 11.8 Å². The zero-order valence-electron chi connectivity index (χ0n) is 14.2. The summed E-state index contributed by atoms with van der Waals surface area (Å²) in [7, 11) is 0. The molecule has 1 aromatic heterocycles. The monoisotopic (exact) mass is 338 g/mol. The lowest BCUT2D eigenvalue weighted by atomic mass is 10.1. The Balaban J connectivity index is 1.80. The summed E-state index contributed by atoms with van der Waals surface area (Å²) in [5.74, 6) is -0.0793. The first-order chi connectivity index (χ1) is 12.1.